The molecule has 8 heteroatoms. The van der Waals surface area contributed by atoms with Crippen molar-refractivity contribution in [3.05, 3.63) is 45.4 Å². The second-order valence-electron chi connectivity index (χ2n) is 5.76. The van der Waals surface area contributed by atoms with Gasteiger partial charge in [0.1, 0.15) is 5.82 Å². The number of halogens is 1. The van der Waals surface area contributed by atoms with Crippen LogP contribution >= 0.6 is 0 Å². The number of anilines is 1. The molecule has 2 rings (SSSR count). The molecule has 0 fully saturated rings. The maximum Gasteiger partial charge on any atom is 0.274 e. The van der Waals surface area contributed by atoms with E-state index in [-0.39, 0.29) is 29.0 Å². The minimum absolute atomic E-state index is 0.0326. The average molecular weight is 293 g/mol. The van der Waals surface area contributed by atoms with Gasteiger partial charge in [-0.25, -0.2) is 9.07 Å². The van der Waals surface area contributed by atoms with Crippen molar-refractivity contribution in [2.75, 3.05) is 5.73 Å². The molecule has 1 aromatic carbocycles. The number of aromatic nitrogens is 3. The quantitative estimate of drug-likeness (QED) is 0.691. The Balaban J connectivity index is 2.49. The number of nitrogen functional groups attached to an aromatic ring is 1. The van der Waals surface area contributed by atoms with Crippen LogP contribution in [0.3, 0.4) is 0 Å². The Bertz CT molecular complexity index is 690. The number of nitrogens with zero attached hydrogens (tertiary/aromatic N) is 4. The molecule has 1 aromatic heterocycles. The summed E-state index contributed by atoms with van der Waals surface area (Å²) in [5, 5.41) is 18.7. The van der Waals surface area contributed by atoms with E-state index >= 15 is 0 Å². The van der Waals surface area contributed by atoms with Crippen molar-refractivity contribution < 1.29 is 9.31 Å². The van der Waals surface area contributed by atoms with E-state index in [4.69, 9.17) is 5.73 Å². The van der Waals surface area contributed by atoms with Gasteiger partial charge in [-0.15, -0.1) is 5.10 Å². The van der Waals surface area contributed by atoms with Gasteiger partial charge in [-0.05, 0) is 12.1 Å². The van der Waals surface area contributed by atoms with Crippen molar-refractivity contribution in [3.8, 4) is 0 Å². The molecule has 0 radical (unpaired) electrons. The molecule has 0 unspecified atom stereocenters. The van der Waals surface area contributed by atoms with Crippen LogP contribution in [-0.2, 0) is 12.0 Å². The highest BCUT2D eigenvalue weighted by atomic mass is 19.1. The third-order valence-electron chi connectivity index (χ3n) is 3.03. The molecule has 21 heavy (non-hydrogen) atoms. The lowest BCUT2D eigenvalue weighted by molar-refractivity contribution is -0.385. The molecule has 2 N–H and O–H groups in total. The summed E-state index contributed by atoms with van der Waals surface area (Å²) in [6.45, 7) is 5.82. The molecule has 112 valence electrons. The van der Waals surface area contributed by atoms with E-state index in [2.05, 4.69) is 10.3 Å². The van der Waals surface area contributed by atoms with Gasteiger partial charge in [0.15, 0.2) is 5.82 Å². The van der Waals surface area contributed by atoms with Crippen molar-refractivity contribution in [1.29, 1.82) is 0 Å². The molecule has 0 amide bonds. The lowest BCUT2D eigenvalue weighted by Crippen LogP contribution is -2.20. The van der Waals surface area contributed by atoms with E-state index in [0.29, 0.717) is 5.69 Å². The lowest BCUT2D eigenvalue weighted by Gasteiger charge is -2.20. The van der Waals surface area contributed by atoms with Gasteiger partial charge in [0, 0.05) is 11.5 Å². The van der Waals surface area contributed by atoms with E-state index in [1.165, 1.54) is 4.68 Å². The number of nitro benzene ring substituents is 1. The largest absolute Gasteiger partial charge is 0.381 e. The standard InChI is InChI=1S/C13H16FN5O2/c1-13(2,3)11-12(15)16-17-18(11)7-8-6-9(14)4-5-10(8)19(20)21/h4-6H,7,15H2,1-3H3. The summed E-state index contributed by atoms with van der Waals surface area (Å²) in [5.41, 5.74) is 6.18. The van der Waals surface area contributed by atoms with Gasteiger partial charge in [0.25, 0.3) is 5.69 Å². The zero-order valence-corrected chi connectivity index (χ0v) is 12.0. The molecule has 0 atom stereocenters. The molecule has 0 aliphatic rings. The van der Waals surface area contributed by atoms with Crippen LogP contribution in [0.1, 0.15) is 32.0 Å². The smallest absolute Gasteiger partial charge is 0.274 e. The van der Waals surface area contributed by atoms with Crippen molar-refractivity contribution in [3.63, 3.8) is 0 Å². The Hall–Kier alpha value is -2.51. The Labute approximate surface area is 120 Å². The van der Waals surface area contributed by atoms with E-state index in [1.807, 2.05) is 20.8 Å². The molecule has 0 saturated heterocycles. The van der Waals surface area contributed by atoms with Crippen LogP contribution in [0.5, 0.6) is 0 Å². The number of rotatable bonds is 3. The third-order valence-corrected chi connectivity index (χ3v) is 3.03. The SMILES string of the molecule is CC(C)(C)c1c(N)nnn1Cc1cc(F)ccc1[N+](=O)[O-]. The van der Waals surface area contributed by atoms with Crippen LogP contribution in [-0.4, -0.2) is 19.9 Å². The topological polar surface area (TPSA) is 99.9 Å². The zero-order chi connectivity index (χ0) is 15.8. The average Bonchev–Trinajstić information content (AvgIpc) is 2.69. The first kappa shape index (κ1) is 14.9. The van der Waals surface area contributed by atoms with Crippen LogP contribution in [0.2, 0.25) is 0 Å². The maximum atomic E-state index is 13.4. The van der Waals surface area contributed by atoms with Crippen LogP contribution in [0.4, 0.5) is 15.9 Å². The Morgan fingerprint density at radius 3 is 2.67 bits per heavy atom. The predicted molar refractivity (Wildman–Crippen MR) is 75.3 cm³/mol. The van der Waals surface area contributed by atoms with Gasteiger partial charge in [0.05, 0.1) is 22.7 Å². The zero-order valence-electron chi connectivity index (χ0n) is 12.0. The fraction of sp³-hybridized carbons (Fsp3) is 0.385. The second kappa shape index (κ2) is 5.12. The summed E-state index contributed by atoms with van der Waals surface area (Å²) in [6.07, 6.45) is 0. The predicted octanol–water partition coefficient (Wildman–Crippen LogP) is 2.25. The fourth-order valence-corrected chi connectivity index (χ4v) is 2.23. The molecule has 0 bridgehead atoms. The lowest BCUT2D eigenvalue weighted by atomic mass is 9.91. The number of hydrogen-bond acceptors (Lipinski definition) is 5. The molecule has 7 nitrogen and oxygen atoms in total. The van der Waals surface area contributed by atoms with Crippen LogP contribution in [0.15, 0.2) is 18.2 Å². The third kappa shape index (κ3) is 2.99. The summed E-state index contributed by atoms with van der Waals surface area (Å²) in [5.74, 6) is -0.275. The summed E-state index contributed by atoms with van der Waals surface area (Å²) in [4.78, 5) is 10.5. The normalized spacial score (nSPS) is 11.6. The fourth-order valence-electron chi connectivity index (χ4n) is 2.23. The highest BCUT2D eigenvalue weighted by Crippen LogP contribution is 2.28. The number of benzene rings is 1. The van der Waals surface area contributed by atoms with E-state index in [0.717, 1.165) is 18.2 Å². The van der Waals surface area contributed by atoms with E-state index < -0.39 is 10.7 Å². The van der Waals surface area contributed by atoms with Crippen molar-refractivity contribution in [2.24, 2.45) is 0 Å². The highest BCUT2D eigenvalue weighted by molar-refractivity contribution is 5.42. The van der Waals surface area contributed by atoms with Gasteiger partial charge in [-0.3, -0.25) is 10.1 Å². The van der Waals surface area contributed by atoms with E-state index in [1.54, 1.807) is 0 Å². The minimum atomic E-state index is -0.550. The first-order valence-corrected chi connectivity index (χ1v) is 6.32. The number of nitro groups is 1. The minimum Gasteiger partial charge on any atom is -0.381 e. The second-order valence-corrected chi connectivity index (χ2v) is 5.76. The highest BCUT2D eigenvalue weighted by Gasteiger charge is 2.25. The summed E-state index contributed by atoms with van der Waals surface area (Å²) < 4.78 is 14.8. The Kier molecular flexibility index (Phi) is 3.63. The first-order valence-electron chi connectivity index (χ1n) is 6.32. The summed E-state index contributed by atoms with van der Waals surface area (Å²) in [6, 6.07) is 3.33. The molecular weight excluding hydrogens is 277 g/mol. The van der Waals surface area contributed by atoms with Gasteiger partial charge in [-0.2, -0.15) is 0 Å². The van der Waals surface area contributed by atoms with Crippen LogP contribution in [0, 0.1) is 15.9 Å². The number of hydrogen-bond donors (Lipinski definition) is 1. The van der Waals surface area contributed by atoms with Crippen molar-refractivity contribution in [1.82, 2.24) is 15.0 Å². The summed E-state index contributed by atoms with van der Waals surface area (Å²) >= 11 is 0. The van der Waals surface area contributed by atoms with Gasteiger partial charge in [-0.1, -0.05) is 26.0 Å². The van der Waals surface area contributed by atoms with Crippen molar-refractivity contribution >= 4 is 11.5 Å². The van der Waals surface area contributed by atoms with Gasteiger partial charge in [0.2, 0.25) is 0 Å². The summed E-state index contributed by atoms with van der Waals surface area (Å²) in [7, 11) is 0. The molecule has 0 saturated carbocycles. The molecule has 0 spiro atoms. The van der Waals surface area contributed by atoms with Gasteiger partial charge < -0.3 is 5.73 Å². The maximum absolute atomic E-state index is 13.4. The monoisotopic (exact) mass is 293 g/mol. The molecule has 2 aromatic rings. The van der Waals surface area contributed by atoms with Gasteiger partial charge >= 0.3 is 0 Å². The molecule has 1 heterocycles. The van der Waals surface area contributed by atoms with Crippen LogP contribution < -0.4 is 5.73 Å². The molecule has 0 aliphatic carbocycles. The molecular formula is C13H16FN5O2. The van der Waals surface area contributed by atoms with E-state index in [9.17, 15) is 14.5 Å². The molecule has 0 aliphatic heterocycles. The van der Waals surface area contributed by atoms with Crippen molar-refractivity contribution in [2.45, 2.75) is 32.7 Å². The Morgan fingerprint density at radius 1 is 1.43 bits per heavy atom. The first-order chi connectivity index (χ1) is 9.70. The number of nitrogens with two attached hydrogens (primary N) is 1. The Morgan fingerprint density at radius 2 is 2.10 bits per heavy atom. The van der Waals surface area contributed by atoms with Crippen LogP contribution in [0.25, 0.3) is 0 Å².